The molecule has 0 saturated heterocycles. The average molecular weight is 342 g/mol. The van der Waals surface area contributed by atoms with E-state index in [4.69, 9.17) is 4.74 Å². The minimum Gasteiger partial charge on any atom is -0.491 e. The van der Waals surface area contributed by atoms with Gasteiger partial charge in [0.05, 0.1) is 5.76 Å². The Bertz CT molecular complexity index is 689. The number of hydrogen-bond acceptors (Lipinski definition) is 5. The van der Waals surface area contributed by atoms with E-state index in [1.54, 1.807) is 17.5 Å². The van der Waals surface area contributed by atoms with E-state index in [2.05, 4.69) is 10.3 Å². The Morgan fingerprint density at radius 1 is 1.29 bits per heavy atom. The Morgan fingerprint density at radius 2 is 2.08 bits per heavy atom. The molecule has 5 heteroatoms. The number of carbonyl (C=O) groups excluding carboxylic acids is 1. The number of hydrogen-bond donors (Lipinski definition) is 1. The molecular formula is C19H22N2O2S. The van der Waals surface area contributed by atoms with Crippen LogP contribution >= 0.6 is 11.3 Å². The molecule has 0 amide bonds. The molecule has 0 aliphatic heterocycles. The normalized spacial score (nSPS) is 12.1. The maximum absolute atomic E-state index is 10.7. The van der Waals surface area contributed by atoms with Gasteiger partial charge in [-0.25, -0.2) is 4.98 Å². The summed E-state index contributed by atoms with van der Waals surface area (Å²) in [6, 6.07) is 7.69. The smallest absolute Gasteiger partial charge is 0.150 e. The lowest BCUT2D eigenvalue weighted by Gasteiger charge is -2.07. The van der Waals surface area contributed by atoms with E-state index in [9.17, 15) is 4.79 Å². The number of carbonyl (C=O) groups is 1. The molecular weight excluding hydrogens is 320 g/mol. The van der Waals surface area contributed by atoms with E-state index in [1.807, 2.05) is 55.8 Å². The van der Waals surface area contributed by atoms with Crippen LogP contribution in [0.15, 0.2) is 59.5 Å². The van der Waals surface area contributed by atoms with Gasteiger partial charge in [0.25, 0.3) is 0 Å². The van der Waals surface area contributed by atoms with Crippen LogP contribution in [0.2, 0.25) is 0 Å². The second-order valence-electron chi connectivity index (χ2n) is 5.29. The maximum Gasteiger partial charge on any atom is 0.150 e. The van der Waals surface area contributed by atoms with Crippen molar-refractivity contribution in [1.29, 1.82) is 0 Å². The third-order valence-corrected chi connectivity index (χ3v) is 4.30. The largest absolute Gasteiger partial charge is 0.491 e. The number of ether oxygens (including phenoxy) is 1. The van der Waals surface area contributed by atoms with Crippen LogP contribution in [0.4, 0.5) is 0 Å². The summed E-state index contributed by atoms with van der Waals surface area (Å²) in [5, 5.41) is 6.13. The Morgan fingerprint density at radius 3 is 2.71 bits per heavy atom. The second kappa shape index (κ2) is 9.67. The minimum absolute atomic E-state index is 0.506. The zero-order chi connectivity index (χ0) is 17.2. The lowest BCUT2D eigenvalue weighted by molar-refractivity contribution is 0.112. The van der Waals surface area contributed by atoms with Crippen molar-refractivity contribution in [2.24, 2.45) is 0 Å². The number of thiazole rings is 1. The first-order chi connectivity index (χ1) is 11.7. The molecule has 1 aromatic heterocycles. The van der Waals surface area contributed by atoms with Gasteiger partial charge in [0.15, 0.2) is 0 Å². The molecule has 0 unspecified atom stereocenters. The van der Waals surface area contributed by atoms with Crippen LogP contribution in [-0.2, 0) is 17.8 Å². The van der Waals surface area contributed by atoms with Gasteiger partial charge in [-0.05, 0) is 37.5 Å². The summed E-state index contributed by atoms with van der Waals surface area (Å²) in [5.74, 6) is 0.855. The molecule has 24 heavy (non-hydrogen) atoms. The fourth-order valence-electron chi connectivity index (χ4n) is 2.10. The van der Waals surface area contributed by atoms with Crippen LogP contribution in [0.5, 0.6) is 0 Å². The Kier molecular flexibility index (Phi) is 7.23. The molecule has 0 radical (unpaired) electrons. The molecule has 0 fully saturated rings. The van der Waals surface area contributed by atoms with Gasteiger partial charge in [-0.1, -0.05) is 24.3 Å². The first-order valence-corrected chi connectivity index (χ1v) is 8.69. The van der Waals surface area contributed by atoms with Crippen molar-refractivity contribution in [2.45, 2.75) is 26.4 Å². The van der Waals surface area contributed by atoms with Crippen LogP contribution in [0.1, 0.15) is 34.3 Å². The number of aromatic nitrogens is 1. The van der Waals surface area contributed by atoms with Gasteiger partial charge in [-0.3, -0.25) is 4.79 Å². The van der Waals surface area contributed by atoms with Crippen molar-refractivity contribution >= 4 is 17.6 Å². The Balaban J connectivity index is 1.85. The zero-order valence-corrected chi connectivity index (χ0v) is 14.8. The van der Waals surface area contributed by atoms with E-state index in [0.717, 1.165) is 35.6 Å². The summed E-state index contributed by atoms with van der Waals surface area (Å²) < 4.78 is 5.67. The van der Waals surface area contributed by atoms with E-state index in [-0.39, 0.29) is 0 Å². The predicted octanol–water partition coefficient (Wildman–Crippen LogP) is 4.11. The molecule has 1 aromatic carbocycles. The average Bonchev–Trinajstić information content (AvgIpc) is 3.14. The van der Waals surface area contributed by atoms with E-state index >= 15 is 0 Å². The van der Waals surface area contributed by atoms with E-state index in [0.29, 0.717) is 12.2 Å². The predicted molar refractivity (Wildman–Crippen MR) is 98.0 cm³/mol. The summed E-state index contributed by atoms with van der Waals surface area (Å²) >= 11 is 1.59. The van der Waals surface area contributed by atoms with Crippen molar-refractivity contribution in [2.75, 3.05) is 7.05 Å². The van der Waals surface area contributed by atoms with Crippen molar-refractivity contribution in [3.63, 3.8) is 0 Å². The van der Waals surface area contributed by atoms with Gasteiger partial charge in [-0.15, -0.1) is 11.3 Å². The second-order valence-corrected chi connectivity index (χ2v) is 6.27. The van der Waals surface area contributed by atoms with Gasteiger partial charge in [0, 0.05) is 29.9 Å². The minimum atomic E-state index is 0.506. The number of nitrogens with zero attached hydrogens (tertiary/aromatic N) is 1. The quantitative estimate of drug-likeness (QED) is 0.423. The lowest BCUT2D eigenvalue weighted by atomic mass is 10.1. The highest BCUT2D eigenvalue weighted by atomic mass is 32.1. The number of allylic oxidation sites excluding steroid dienone is 4. The molecule has 0 aliphatic carbocycles. The molecule has 1 N–H and O–H groups in total. The standard InChI is InChI=1S/C19H22N2O2S/c1-15(23-14-19-21-11-12-24-19)3-9-18(20-2)10-8-16-4-6-17(13-22)7-5-16/h3-7,9,11-13,20H,8,10,14H2,1-2H3/b15-3+,18-9-. The van der Waals surface area contributed by atoms with Gasteiger partial charge < -0.3 is 10.1 Å². The highest BCUT2D eigenvalue weighted by Gasteiger charge is 1.99. The van der Waals surface area contributed by atoms with Gasteiger partial charge in [-0.2, -0.15) is 0 Å². The summed E-state index contributed by atoms with van der Waals surface area (Å²) in [6.45, 7) is 2.45. The molecule has 2 aromatic rings. The molecule has 126 valence electrons. The highest BCUT2D eigenvalue weighted by Crippen LogP contribution is 2.11. The molecule has 0 spiro atoms. The zero-order valence-electron chi connectivity index (χ0n) is 14.0. The summed E-state index contributed by atoms with van der Waals surface area (Å²) in [5.41, 5.74) is 3.05. The van der Waals surface area contributed by atoms with Crippen LogP contribution in [0.3, 0.4) is 0 Å². The summed E-state index contributed by atoms with van der Waals surface area (Å²) in [7, 11) is 1.92. The van der Waals surface area contributed by atoms with Crippen LogP contribution in [0, 0.1) is 0 Å². The van der Waals surface area contributed by atoms with E-state index < -0.39 is 0 Å². The molecule has 1 heterocycles. The Hall–Kier alpha value is -2.40. The van der Waals surface area contributed by atoms with Crippen LogP contribution in [0.25, 0.3) is 0 Å². The molecule has 2 rings (SSSR count). The summed E-state index contributed by atoms with van der Waals surface area (Å²) in [6.07, 6.45) is 8.46. The number of benzene rings is 1. The number of aldehydes is 1. The van der Waals surface area contributed by atoms with E-state index in [1.165, 1.54) is 5.56 Å². The van der Waals surface area contributed by atoms with Gasteiger partial charge >= 0.3 is 0 Å². The monoisotopic (exact) mass is 342 g/mol. The number of nitrogens with one attached hydrogen (secondary N) is 1. The molecule has 4 nitrogen and oxygen atoms in total. The van der Waals surface area contributed by atoms with Crippen LogP contribution in [-0.4, -0.2) is 18.3 Å². The molecule has 0 saturated carbocycles. The third-order valence-electron chi connectivity index (χ3n) is 3.55. The fraction of sp³-hybridized carbons (Fsp3) is 0.263. The topological polar surface area (TPSA) is 51.2 Å². The first-order valence-electron chi connectivity index (χ1n) is 7.81. The van der Waals surface area contributed by atoms with Crippen molar-refractivity contribution in [3.8, 4) is 0 Å². The molecule has 0 atom stereocenters. The highest BCUT2D eigenvalue weighted by molar-refractivity contribution is 7.09. The third kappa shape index (κ3) is 6.01. The summed E-state index contributed by atoms with van der Waals surface area (Å²) in [4.78, 5) is 14.9. The molecule has 0 aliphatic rings. The van der Waals surface area contributed by atoms with Crippen LogP contribution < -0.4 is 5.32 Å². The van der Waals surface area contributed by atoms with Gasteiger partial charge in [0.1, 0.15) is 17.9 Å². The maximum atomic E-state index is 10.7. The van der Waals surface area contributed by atoms with Crippen molar-refractivity contribution < 1.29 is 9.53 Å². The number of rotatable bonds is 9. The van der Waals surface area contributed by atoms with Crippen molar-refractivity contribution in [3.05, 3.63) is 75.6 Å². The molecule has 0 bridgehead atoms. The number of aryl methyl sites for hydroxylation is 1. The SMILES string of the molecule is CN/C(=C\C=C(/C)OCc1nccs1)CCc1ccc(C=O)cc1. The first kappa shape index (κ1) is 17.9. The van der Waals surface area contributed by atoms with Gasteiger partial charge in [0.2, 0.25) is 0 Å². The Labute approximate surface area is 146 Å². The van der Waals surface area contributed by atoms with Crippen molar-refractivity contribution in [1.82, 2.24) is 10.3 Å². The fourth-order valence-corrected chi connectivity index (χ4v) is 2.63. The lowest BCUT2D eigenvalue weighted by Crippen LogP contribution is -2.06.